The number of hydrogen-bond acceptors (Lipinski definition) is 5. The molecule has 1 aliphatic carbocycles. The Bertz CT molecular complexity index is 620. The molecule has 1 aromatic rings. The number of carbonyl (C=O) groups excluding carboxylic acids is 2. The number of hydrogen-bond donors (Lipinski definition) is 2. The monoisotopic (exact) mass is 393 g/mol. The molecule has 150 valence electrons. The maximum Gasteiger partial charge on any atom is 0.264 e. The molecule has 0 spiro atoms. The van der Waals surface area contributed by atoms with Gasteiger partial charge in [0.1, 0.15) is 0 Å². The fraction of sp³-hybridized carbons (Fsp3) is 0.700. The van der Waals surface area contributed by atoms with E-state index >= 15 is 0 Å². The summed E-state index contributed by atoms with van der Waals surface area (Å²) in [5.41, 5.74) is -0.515. The topological polar surface area (TPSA) is 72.9 Å². The average Bonchev–Trinajstić information content (AvgIpc) is 3.17. The number of β-amino-alcohol motifs (C(OH)–C–C–N with tert-alkyl or cyclic N) is 1. The Kier molecular flexibility index (Phi) is 6.89. The number of amides is 2. The molecule has 0 bridgehead atoms. The van der Waals surface area contributed by atoms with Gasteiger partial charge in [0.25, 0.3) is 5.91 Å². The first-order valence-electron chi connectivity index (χ1n) is 9.98. The Labute approximate surface area is 165 Å². The molecule has 27 heavy (non-hydrogen) atoms. The number of nitrogens with zero attached hydrogens (tertiary/aromatic N) is 2. The van der Waals surface area contributed by atoms with Crippen molar-refractivity contribution < 1.29 is 14.7 Å². The molecule has 1 aliphatic heterocycles. The molecule has 2 amide bonds. The molecule has 0 aromatic carbocycles. The first kappa shape index (κ1) is 20.3. The number of thiophene rings is 1. The molecule has 2 fully saturated rings. The summed E-state index contributed by atoms with van der Waals surface area (Å²) < 4.78 is 0. The molecule has 6 nitrogen and oxygen atoms in total. The Balaban J connectivity index is 1.38. The van der Waals surface area contributed by atoms with Crippen LogP contribution in [-0.4, -0.2) is 71.6 Å². The molecule has 1 aromatic heterocycles. The van der Waals surface area contributed by atoms with Crippen molar-refractivity contribution in [2.45, 2.75) is 56.6 Å². The standard InChI is InChI=1S/C20H31N3O3S/c1-22(19(25)17-6-5-13-27-17)14-18(24)21-16-7-11-23(12-8-16)15-20(26)9-3-2-4-10-20/h5-6,13,16,26H,2-4,7-12,14-15H2,1H3,(H,21,24). The van der Waals surface area contributed by atoms with Crippen LogP contribution in [0.5, 0.6) is 0 Å². The average molecular weight is 394 g/mol. The van der Waals surface area contributed by atoms with Crippen LogP contribution in [-0.2, 0) is 4.79 Å². The lowest BCUT2D eigenvalue weighted by atomic mass is 9.84. The summed E-state index contributed by atoms with van der Waals surface area (Å²) in [5.74, 6) is -0.220. The van der Waals surface area contributed by atoms with Crippen molar-refractivity contribution in [3.63, 3.8) is 0 Å². The summed E-state index contributed by atoms with van der Waals surface area (Å²) >= 11 is 1.39. The highest BCUT2D eigenvalue weighted by molar-refractivity contribution is 7.12. The van der Waals surface area contributed by atoms with E-state index in [1.807, 2.05) is 11.4 Å². The second kappa shape index (κ2) is 9.17. The molecule has 0 unspecified atom stereocenters. The zero-order chi connectivity index (χ0) is 19.3. The lowest BCUT2D eigenvalue weighted by molar-refractivity contribution is -0.122. The molecule has 2 heterocycles. The second-order valence-corrected chi connectivity index (χ2v) is 8.99. The fourth-order valence-corrected chi connectivity index (χ4v) is 4.89. The lowest BCUT2D eigenvalue weighted by Gasteiger charge is -2.40. The predicted molar refractivity (Wildman–Crippen MR) is 107 cm³/mol. The minimum absolute atomic E-state index is 0.0801. The van der Waals surface area contributed by atoms with E-state index in [0.717, 1.165) is 58.2 Å². The van der Waals surface area contributed by atoms with E-state index in [0.29, 0.717) is 4.88 Å². The van der Waals surface area contributed by atoms with Crippen LogP contribution >= 0.6 is 11.3 Å². The van der Waals surface area contributed by atoms with Crippen molar-refractivity contribution in [1.29, 1.82) is 0 Å². The number of rotatable bonds is 6. The van der Waals surface area contributed by atoms with Gasteiger partial charge in [0, 0.05) is 32.7 Å². The highest BCUT2D eigenvalue weighted by atomic mass is 32.1. The van der Waals surface area contributed by atoms with Gasteiger partial charge in [-0.1, -0.05) is 25.3 Å². The van der Waals surface area contributed by atoms with Crippen LogP contribution in [0.25, 0.3) is 0 Å². The third kappa shape index (κ3) is 5.77. The van der Waals surface area contributed by atoms with Crippen molar-refractivity contribution >= 4 is 23.2 Å². The maximum absolute atomic E-state index is 12.3. The zero-order valence-electron chi connectivity index (χ0n) is 16.2. The SMILES string of the molecule is CN(CC(=O)NC1CCN(CC2(O)CCCCC2)CC1)C(=O)c1cccs1. The number of likely N-dealkylation sites (tertiary alicyclic amines) is 1. The van der Waals surface area contributed by atoms with Gasteiger partial charge in [-0.25, -0.2) is 0 Å². The molecular weight excluding hydrogens is 362 g/mol. The summed E-state index contributed by atoms with van der Waals surface area (Å²) in [7, 11) is 1.66. The number of likely N-dealkylation sites (N-methyl/N-ethyl adjacent to an activating group) is 1. The van der Waals surface area contributed by atoms with Gasteiger partial charge in [0.05, 0.1) is 17.0 Å². The van der Waals surface area contributed by atoms with Crippen LogP contribution in [0.15, 0.2) is 17.5 Å². The highest BCUT2D eigenvalue weighted by Gasteiger charge is 2.33. The van der Waals surface area contributed by atoms with E-state index in [1.165, 1.54) is 22.7 Å². The third-order valence-corrected chi connectivity index (χ3v) is 6.57. The van der Waals surface area contributed by atoms with E-state index in [1.54, 1.807) is 13.1 Å². The molecule has 2 aliphatic rings. The van der Waals surface area contributed by atoms with Crippen LogP contribution in [0.3, 0.4) is 0 Å². The quantitative estimate of drug-likeness (QED) is 0.776. The van der Waals surface area contributed by atoms with Crippen molar-refractivity contribution in [3.8, 4) is 0 Å². The smallest absolute Gasteiger partial charge is 0.264 e. The molecule has 2 N–H and O–H groups in total. The minimum Gasteiger partial charge on any atom is -0.389 e. The molecule has 3 rings (SSSR count). The summed E-state index contributed by atoms with van der Waals surface area (Å²) in [5, 5.41) is 15.6. The third-order valence-electron chi connectivity index (χ3n) is 5.71. The van der Waals surface area contributed by atoms with Crippen molar-refractivity contribution in [1.82, 2.24) is 15.1 Å². The zero-order valence-corrected chi connectivity index (χ0v) is 17.0. The summed E-state index contributed by atoms with van der Waals surface area (Å²) in [6.07, 6.45) is 7.10. The van der Waals surface area contributed by atoms with Gasteiger partial charge < -0.3 is 20.2 Å². The molecule has 7 heteroatoms. The Morgan fingerprint density at radius 3 is 2.63 bits per heavy atom. The van der Waals surface area contributed by atoms with Crippen molar-refractivity contribution in [2.75, 3.05) is 33.2 Å². The number of carbonyl (C=O) groups is 2. The van der Waals surface area contributed by atoms with Gasteiger partial charge in [0.15, 0.2) is 0 Å². The van der Waals surface area contributed by atoms with E-state index < -0.39 is 5.60 Å². The first-order chi connectivity index (χ1) is 13.0. The summed E-state index contributed by atoms with van der Waals surface area (Å²) in [4.78, 5) is 29.0. The predicted octanol–water partition coefficient (Wildman–Crippen LogP) is 2.10. The lowest BCUT2D eigenvalue weighted by Crippen LogP contribution is -2.51. The van der Waals surface area contributed by atoms with Gasteiger partial charge in [-0.05, 0) is 37.1 Å². The van der Waals surface area contributed by atoms with E-state index in [9.17, 15) is 14.7 Å². The first-order valence-corrected chi connectivity index (χ1v) is 10.9. The summed E-state index contributed by atoms with van der Waals surface area (Å²) in [6.45, 7) is 2.64. The summed E-state index contributed by atoms with van der Waals surface area (Å²) in [6, 6.07) is 3.76. The Morgan fingerprint density at radius 1 is 1.30 bits per heavy atom. The second-order valence-electron chi connectivity index (χ2n) is 8.04. The van der Waals surface area contributed by atoms with Crippen LogP contribution < -0.4 is 5.32 Å². The minimum atomic E-state index is -0.515. The molecule has 0 radical (unpaired) electrons. The Hall–Kier alpha value is -1.44. The Morgan fingerprint density at radius 2 is 2.00 bits per heavy atom. The normalized spacial score (nSPS) is 21.0. The maximum atomic E-state index is 12.3. The fourth-order valence-electron chi connectivity index (χ4n) is 4.17. The molecule has 0 atom stereocenters. The van der Waals surface area contributed by atoms with E-state index in [4.69, 9.17) is 0 Å². The number of nitrogens with one attached hydrogen (secondary N) is 1. The highest BCUT2D eigenvalue weighted by Crippen LogP contribution is 2.29. The van der Waals surface area contributed by atoms with Crippen LogP contribution in [0.2, 0.25) is 0 Å². The van der Waals surface area contributed by atoms with Gasteiger partial charge in [0.2, 0.25) is 5.91 Å². The van der Waals surface area contributed by atoms with Gasteiger partial charge in [-0.3, -0.25) is 9.59 Å². The molecule has 1 saturated carbocycles. The van der Waals surface area contributed by atoms with Crippen LogP contribution in [0.1, 0.15) is 54.6 Å². The van der Waals surface area contributed by atoms with E-state index in [-0.39, 0.29) is 24.4 Å². The van der Waals surface area contributed by atoms with Crippen LogP contribution in [0.4, 0.5) is 0 Å². The number of aliphatic hydroxyl groups is 1. The molecule has 1 saturated heterocycles. The largest absolute Gasteiger partial charge is 0.389 e. The number of piperidine rings is 1. The van der Waals surface area contributed by atoms with Gasteiger partial charge >= 0.3 is 0 Å². The molecular formula is C20H31N3O3S. The van der Waals surface area contributed by atoms with Crippen LogP contribution in [0, 0.1) is 0 Å². The van der Waals surface area contributed by atoms with E-state index in [2.05, 4.69) is 10.2 Å². The van der Waals surface area contributed by atoms with Gasteiger partial charge in [-0.15, -0.1) is 11.3 Å². The van der Waals surface area contributed by atoms with Gasteiger partial charge in [-0.2, -0.15) is 0 Å². The van der Waals surface area contributed by atoms with Crippen molar-refractivity contribution in [2.24, 2.45) is 0 Å². The van der Waals surface area contributed by atoms with Crippen molar-refractivity contribution in [3.05, 3.63) is 22.4 Å².